The van der Waals surface area contributed by atoms with Gasteiger partial charge in [0.25, 0.3) is 0 Å². The van der Waals surface area contributed by atoms with E-state index >= 15 is 0 Å². The minimum Gasteiger partial charge on any atom is -0.468 e. The second-order valence-electron chi connectivity index (χ2n) is 5.81. The molecule has 1 saturated carbocycles. The Morgan fingerprint density at radius 2 is 2.17 bits per heavy atom. The predicted molar refractivity (Wildman–Crippen MR) is 78.0 cm³/mol. The molecule has 0 aromatic heterocycles. The van der Waals surface area contributed by atoms with Gasteiger partial charge in [0.15, 0.2) is 0 Å². The number of hydrogen-bond acceptors (Lipinski definition) is 4. The smallest absolute Gasteiger partial charge is 0.325 e. The van der Waals surface area contributed by atoms with Crippen LogP contribution in [-0.4, -0.2) is 36.2 Å². The molecule has 0 aliphatic heterocycles. The summed E-state index contributed by atoms with van der Waals surface area (Å²) >= 11 is 1.98. The largest absolute Gasteiger partial charge is 0.468 e. The molecule has 0 saturated heterocycles. The van der Waals surface area contributed by atoms with Gasteiger partial charge in [0.1, 0.15) is 5.54 Å². The zero-order valence-corrected chi connectivity index (χ0v) is 12.9. The molecule has 0 spiro atoms. The van der Waals surface area contributed by atoms with Crippen LogP contribution in [0.15, 0.2) is 0 Å². The molecule has 0 heterocycles. The Kier molecular flexibility index (Phi) is 6.50. The van der Waals surface area contributed by atoms with Crippen molar-refractivity contribution >= 4 is 17.7 Å². The fraction of sp³-hybridized carbons (Fsp3) is 0.929. The van der Waals surface area contributed by atoms with Crippen molar-refractivity contribution in [1.29, 1.82) is 0 Å². The topological polar surface area (TPSA) is 38.3 Å². The lowest BCUT2D eigenvalue weighted by Gasteiger charge is -2.28. The van der Waals surface area contributed by atoms with Gasteiger partial charge in [-0.15, -0.1) is 0 Å². The summed E-state index contributed by atoms with van der Waals surface area (Å²) in [5, 5.41) is 3.43. The fourth-order valence-corrected chi connectivity index (χ4v) is 2.97. The number of esters is 1. The minimum atomic E-state index is -0.492. The third-order valence-electron chi connectivity index (χ3n) is 3.15. The highest BCUT2D eigenvalue weighted by Gasteiger charge is 2.38. The van der Waals surface area contributed by atoms with Crippen molar-refractivity contribution in [3.8, 4) is 0 Å². The molecule has 1 fully saturated rings. The average molecular weight is 273 g/mol. The van der Waals surface area contributed by atoms with Crippen molar-refractivity contribution in [2.24, 2.45) is 5.92 Å². The first-order valence-electron chi connectivity index (χ1n) is 6.92. The Balaban J connectivity index is 2.29. The second kappa shape index (κ2) is 7.39. The van der Waals surface area contributed by atoms with Gasteiger partial charge < -0.3 is 4.74 Å². The summed E-state index contributed by atoms with van der Waals surface area (Å²) in [6.07, 6.45) is 4.30. The van der Waals surface area contributed by atoms with E-state index in [9.17, 15) is 4.79 Å². The lowest BCUT2D eigenvalue weighted by Crippen LogP contribution is -2.51. The van der Waals surface area contributed by atoms with Crippen molar-refractivity contribution < 1.29 is 9.53 Å². The molecule has 1 aliphatic rings. The Morgan fingerprint density at radius 3 is 2.67 bits per heavy atom. The maximum absolute atomic E-state index is 11.9. The molecule has 0 aromatic carbocycles. The van der Waals surface area contributed by atoms with Crippen molar-refractivity contribution in [2.45, 2.75) is 58.0 Å². The van der Waals surface area contributed by atoms with Crippen LogP contribution in [0.1, 0.15) is 46.5 Å². The van der Waals surface area contributed by atoms with E-state index in [0.717, 1.165) is 24.5 Å². The average Bonchev–Trinajstić information content (AvgIpc) is 3.10. The first kappa shape index (κ1) is 15.8. The summed E-state index contributed by atoms with van der Waals surface area (Å²) in [6.45, 7) is 6.45. The van der Waals surface area contributed by atoms with E-state index in [0.29, 0.717) is 6.04 Å². The van der Waals surface area contributed by atoms with Crippen LogP contribution < -0.4 is 5.32 Å². The molecule has 0 radical (unpaired) electrons. The maximum atomic E-state index is 11.9. The van der Waals surface area contributed by atoms with Gasteiger partial charge in [-0.1, -0.05) is 13.8 Å². The molecule has 4 heteroatoms. The zero-order chi connectivity index (χ0) is 13.6. The summed E-state index contributed by atoms with van der Waals surface area (Å²) in [7, 11) is 1.47. The standard InChI is InChI=1S/C14H27NO2S/c1-11(2)10-18-9-5-8-14(3,13(16)17-4)15-12-6-7-12/h11-12,15H,5-10H2,1-4H3. The number of nitrogens with one attached hydrogen (secondary N) is 1. The molecule has 1 unspecified atom stereocenters. The van der Waals surface area contributed by atoms with E-state index < -0.39 is 5.54 Å². The molecular formula is C14H27NO2S. The highest BCUT2D eigenvalue weighted by Crippen LogP contribution is 2.26. The molecule has 106 valence electrons. The SMILES string of the molecule is COC(=O)C(C)(CCCSCC(C)C)NC1CC1. The number of ether oxygens (including phenoxy) is 1. The van der Waals surface area contributed by atoms with Crippen LogP contribution in [0.3, 0.4) is 0 Å². The number of carbonyl (C=O) groups excluding carboxylic acids is 1. The first-order valence-corrected chi connectivity index (χ1v) is 8.07. The third-order valence-corrected chi connectivity index (χ3v) is 4.63. The van der Waals surface area contributed by atoms with Crippen molar-refractivity contribution in [2.75, 3.05) is 18.6 Å². The summed E-state index contributed by atoms with van der Waals surface area (Å²) in [5.74, 6) is 2.94. The minimum absolute atomic E-state index is 0.122. The summed E-state index contributed by atoms with van der Waals surface area (Å²) in [6, 6.07) is 0.525. The Hall–Kier alpha value is -0.220. The number of thioether (sulfide) groups is 1. The van der Waals surface area contributed by atoms with Gasteiger partial charge in [-0.3, -0.25) is 10.1 Å². The predicted octanol–water partition coefficient (Wildman–Crippen LogP) is 2.84. The zero-order valence-electron chi connectivity index (χ0n) is 12.1. The molecule has 3 nitrogen and oxygen atoms in total. The van der Waals surface area contributed by atoms with Crippen molar-refractivity contribution in [3.05, 3.63) is 0 Å². The Bertz CT molecular complexity index is 267. The van der Waals surface area contributed by atoms with Gasteiger partial charge in [-0.25, -0.2) is 0 Å². The monoisotopic (exact) mass is 273 g/mol. The van der Waals surface area contributed by atoms with Gasteiger partial charge >= 0.3 is 5.97 Å². The van der Waals surface area contributed by atoms with E-state index in [-0.39, 0.29) is 5.97 Å². The third kappa shape index (κ3) is 5.61. The van der Waals surface area contributed by atoms with Gasteiger partial charge in [0.2, 0.25) is 0 Å². The molecule has 1 rings (SSSR count). The fourth-order valence-electron chi connectivity index (χ4n) is 1.98. The molecule has 1 aliphatic carbocycles. The van der Waals surface area contributed by atoms with Crippen molar-refractivity contribution in [3.63, 3.8) is 0 Å². The molecular weight excluding hydrogens is 246 g/mol. The molecule has 0 amide bonds. The molecule has 18 heavy (non-hydrogen) atoms. The lowest BCUT2D eigenvalue weighted by atomic mass is 9.96. The van der Waals surface area contributed by atoms with Crippen LogP contribution in [-0.2, 0) is 9.53 Å². The highest BCUT2D eigenvalue weighted by molar-refractivity contribution is 7.99. The van der Waals surface area contributed by atoms with Crippen molar-refractivity contribution in [1.82, 2.24) is 5.32 Å². The van der Waals surface area contributed by atoms with E-state index in [1.54, 1.807) is 0 Å². The first-order chi connectivity index (χ1) is 8.48. The second-order valence-corrected chi connectivity index (χ2v) is 6.96. The van der Waals surface area contributed by atoms with Gasteiger partial charge in [0.05, 0.1) is 7.11 Å². The van der Waals surface area contributed by atoms with Crippen LogP contribution >= 0.6 is 11.8 Å². The quantitative estimate of drug-likeness (QED) is 0.518. The van der Waals surface area contributed by atoms with Crippen LogP contribution in [0.5, 0.6) is 0 Å². The highest BCUT2D eigenvalue weighted by atomic mass is 32.2. The summed E-state index contributed by atoms with van der Waals surface area (Å²) < 4.78 is 4.93. The molecule has 0 aromatic rings. The van der Waals surface area contributed by atoms with Gasteiger partial charge in [0, 0.05) is 6.04 Å². The molecule has 1 N–H and O–H groups in total. The van der Waals surface area contributed by atoms with E-state index in [2.05, 4.69) is 19.2 Å². The van der Waals surface area contributed by atoms with Gasteiger partial charge in [-0.05, 0) is 50.0 Å². The number of carbonyl (C=O) groups is 1. The van der Waals surface area contributed by atoms with Gasteiger partial charge in [-0.2, -0.15) is 11.8 Å². The number of hydrogen-bond donors (Lipinski definition) is 1. The molecule has 0 bridgehead atoms. The van der Waals surface area contributed by atoms with E-state index in [1.165, 1.54) is 25.7 Å². The molecule has 1 atom stereocenters. The number of methoxy groups -OCH3 is 1. The number of rotatable bonds is 9. The van der Waals surface area contributed by atoms with E-state index in [1.807, 2.05) is 18.7 Å². The summed E-state index contributed by atoms with van der Waals surface area (Å²) in [5.41, 5.74) is -0.492. The van der Waals surface area contributed by atoms with Crippen LogP contribution in [0.2, 0.25) is 0 Å². The normalized spacial score (nSPS) is 18.7. The lowest BCUT2D eigenvalue weighted by molar-refractivity contribution is -0.148. The van der Waals surface area contributed by atoms with Crippen LogP contribution in [0.4, 0.5) is 0 Å². The Morgan fingerprint density at radius 1 is 1.50 bits per heavy atom. The Labute approximate surface area is 115 Å². The van der Waals surface area contributed by atoms with Crippen LogP contribution in [0.25, 0.3) is 0 Å². The van der Waals surface area contributed by atoms with E-state index in [4.69, 9.17) is 4.74 Å². The summed E-state index contributed by atoms with van der Waals surface area (Å²) in [4.78, 5) is 11.9. The maximum Gasteiger partial charge on any atom is 0.325 e. The van der Waals surface area contributed by atoms with Crippen LogP contribution in [0, 0.1) is 5.92 Å².